The predicted octanol–water partition coefficient (Wildman–Crippen LogP) is 7.56. The summed E-state index contributed by atoms with van der Waals surface area (Å²) in [5, 5.41) is 18.2. The van der Waals surface area contributed by atoms with Gasteiger partial charge in [-0.1, -0.05) is 0 Å². The van der Waals surface area contributed by atoms with E-state index in [0.29, 0.717) is 0 Å². The zero-order chi connectivity index (χ0) is 32.3. The monoisotopic (exact) mass is 626 g/mol. The van der Waals surface area contributed by atoms with Crippen molar-refractivity contribution in [2.45, 2.75) is 19.8 Å². The molecule has 0 fully saturated rings. The van der Waals surface area contributed by atoms with Crippen molar-refractivity contribution in [3.63, 3.8) is 0 Å². The highest BCUT2D eigenvalue weighted by Crippen LogP contribution is 2.30. The highest BCUT2D eigenvalue weighted by molar-refractivity contribution is 5.49. The Morgan fingerprint density at radius 3 is 1.23 bits per heavy atom. The number of halogens is 10. The van der Waals surface area contributed by atoms with Crippen LogP contribution in [0.1, 0.15) is 27.8 Å². The maximum absolute atomic E-state index is 14.1. The Morgan fingerprint density at radius 2 is 0.818 bits per heavy atom. The van der Waals surface area contributed by atoms with Crippen LogP contribution < -0.4 is 14.2 Å². The molecule has 0 aromatic heterocycles. The molecule has 0 saturated heterocycles. The van der Waals surface area contributed by atoms with Gasteiger partial charge in [-0.3, -0.25) is 0 Å². The highest BCUT2D eigenvalue weighted by Gasteiger charge is 2.27. The summed E-state index contributed by atoms with van der Waals surface area (Å²) in [6.07, 6.45) is 0. The summed E-state index contributed by atoms with van der Waals surface area (Å²) in [4.78, 5) is 0. The first-order chi connectivity index (χ1) is 20.9. The lowest BCUT2D eigenvalue weighted by atomic mass is 10.1. The van der Waals surface area contributed by atoms with Gasteiger partial charge < -0.3 is 14.2 Å². The standard InChI is InChI=1S/C29H12F10N2O3/c30-20-18(21(31)25(35)28(38)24(20)34)10-43-16-3-12(9-42-15-2-1-13(7-40)14(5-15)8-41)4-17(6-16)44-11-19-22(32)26(36)29(39)27(37)23(19)33/h1-6H,9-11H2. The molecule has 4 rings (SSSR count). The second-order valence-electron chi connectivity index (χ2n) is 8.71. The van der Waals surface area contributed by atoms with Crippen LogP contribution in [0.3, 0.4) is 0 Å². The first-order valence-electron chi connectivity index (χ1n) is 11.8. The maximum Gasteiger partial charge on any atom is 0.200 e. The smallest absolute Gasteiger partial charge is 0.200 e. The van der Waals surface area contributed by atoms with Crippen molar-refractivity contribution < 1.29 is 58.1 Å². The van der Waals surface area contributed by atoms with Gasteiger partial charge in [-0.25, -0.2) is 43.9 Å². The van der Waals surface area contributed by atoms with E-state index >= 15 is 0 Å². The Hall–Kier alpha value is -5.44. The molecule has 0 unspecified atom stereocenters. The van der Waals surface area contributed by atoms with Crippen LogP contribution in [-0.4, -0.2) is 0 Å². The molecular formula is C29H12F10N2O3. The number of rotatable bonds is 9. The highest BCUT2D eigenvalue weighted by atomic mass is 19.2. The third-order valence-corrected chi connectivity index (χ3v) is 5.95. The molecule has 0 aliphatic rings. The third-order valence-electron chi connectivity index (χ3n) is 5.95. The van der Waals surface area contributed by atoms with Crippen LogP contribution in [0.25, 0.3) is 0 Å². The van der Waals surface area contributed by atoms with Gasteiger partial charge in [0.2, 0.25) is 11.6 Å². The summed E-state index contributed by atoms with van der Waals surface area (Å²) in [5.41, 5.74) is -2.58. The van der Waals surface area contributed by atoms with E-state index in [1.54, 1.807) is 12.1 Å². The molecule has 0 aliphatic heterocycles. The first kappa shape index (κ1) is 31.5. The molecule has 5 nitrogen and oxygen atoms in total. The number of hydrogen-bond donors (Lipinski definition) is 0. The molecule has 44 heavy (non-hydrogen) atoms. The van der Waals surface area contributed by atoms with Crippen LogP contribution in [0.4, 0.5) is 43.9 Å². The zero-order valence-corrected chi connectivity index (χ0v) is 21.5. The number of hydrogen-bond acceptors (Lipinski definition) is 5. The minimum Gasteiger partial charge on any atom is -0.489 e. The van der Waals surface area contributed by atoms with Gasteiger partial charge in [-0.2, -0.15) is 10.5 Å². The topological polar surface area (TPSA) is 75.3 Å². The molecule has 0 atom stereocenters. The molecule has 15 heteroatoms. The van der Waals surface area contributed by atoms with Crippen LogP contribution in [0, 0.1) is 80.8 Å². The first-order valence-corrected chi connectivity index (χ1v) is 11.8. The molecule has 0 heterocycles. The lowest BCUT2D eigenvalue weighted by molar-refractivity contribution is 0.263. The number of nitriles is 2. The van der Waals surface area contributed by atoms with E-state index in [1.165, 1.54) is 18.2 Å². The van der Waals surface area contributed by atoms with Crippen molar-refractivity contribution in [2.75, 3.05) is 0 Å². The predicted molar refractivity (Wildman–Crippen MR) is 128 cm³/mol. The van der Waals surface area contributed by atoms with E-state index in [-0.39, 0.29) is 33.9 Å². The van der Waals surface area contributed by atoms with Crippen LogP contribution in [-0.2, 0) is 19.8 Å². The minimum atomic E-state index is -2.39. The molecule has 0 bridgehead atoms. The van der Waals surface area contributed by atoms with Crippen molar-refractivity contribution in [1.82, 2.24) is 0 Å². The van der Waals surface area contributed by atoms with Crippen molar-refractivity contribution in [3.8, 4) is 29.4 Å². The summed E-state index contributed by atoms with van der Waals surface area (Å²) in [7, 11) is 0. The molecule has 0 amide bonds. The summed E-state index contributed by atoms with van der Waals surface area (Å²) >= 11 is 0. The van der Waals surface area contributed by atoms with E-state index in [1.807, 2.05) is 0 Å². The SMILES string of the molecule is N#Cc1ccc(OCc2cc(OCc3c(F)c(F)c(F)c(F)c3F)cc(OCc3c(F)c(F)c(F)c(F)c3F)c2)cc1C#N. The molecule has 0 spiro atoms. The van der Waals surface area contributed by atoms with Crippen molar-refractivity contribution in [1.29, 1.82) is 10.5 Å². The molecular weight excluding hydrogens is 614 g/mol. The van der Waals surface area contributed by atoms with Gasteiger partial charge >= 0.3 is 0 Å². The van der Waals surface area contributed by atoms with Gasteiger partial charge in [0, 0.05) is 6.07 Å². The molecule has 0 aliphatic carbocycles. The Morgan fingerprint density at radius 1 is 0.432 bits per heavy atom. The molecule has 0 saturated carbocycles. The van der Waals surface area contributed by atoms with Crippen LogP contribution >= 0.6 is 0 Å². The van der Waals surface area contributed by atoms with Crippen LogP contribution in [0.5, 0.6) is 17.2 Å². The van der Waals surface area contributed by atoms with Gasteiger partial charge in [-0.05, 0) is 35.9 Å². The number of ether oxygens (including phenoxy) is 3. The van der Waals surface area contributed by atoms with Gasteiger partial charge in [0.15, 0.2) is 46.5 Å². The molecule has 0 N–H and O–H groups in total. The van der Waals surface area contributed by atoms with Gasteiger partial charge in [0.1, 0.15) is 49.2 Å². The largest absolute Gasteiger partial charge is 0.489 e. The Kier molecular flexibility index (Phi) is 9.18. The average molecular weight is 626 g/mol. The van der Waals surface area contributed by atoms with E-state index in [0.717, 1.165) is 18.2 Å². The maximum atomic E-state index is 14.1. The van der Waals surface area contributed by atoms with Gasteiger partial charge in [-0.15, -0.1) is 0 Å². The lowest BCUT2D eigenvalue weighted by Crippen LogP contribution is -2.11. The van der Waals surface area contributed by atoms with Gasteiger partial charge in [0.05, 0.1) is 22.3 Å². The Labute approximate surface area is 240 Å². The second kappa shape index (κ2) is 12.8. The summed E-state index contributed by atoms with van der Waals surface area (Å²) in [6, 6.07) is 10.7. The molecule has 4 aromatic carbocycles. The van der Waals surface area contributed by atoms with Crippen molar-refractivity contribution in [2.24, 2.45) is 0 Å². The second-order valence-corrected chi connectivity index (χ2v) is 8.71. The normalized spacial score (nSPS) is 10.7. The average Bonchev–Trinajstić information content (AvgIpc) is 3.03. The van der Waals surface area contributed by atoms with E-state index in [9.17, 15) is 49.2 Å². The lowest BCUT2D eigenvalue weighted by Gasteiger charge is -2.15. The Bertz CT molecular complexity index is 1720. The van der Waals surface area contributed by atoms with Gasteiger partial charge in [0.25, 0.3) is 0 Å². The fourth-order valence-corrected chi connectivity index (χ4v) is 3.72. The molecule has 226 valence electrons. The van der Waals surface area contributed by atoms with E-state index in [2.05, 4.69) is 0 Å². The van der Waals surface area contributed by atoms with Crippen molar-refractivity contribution in [3.05, 3.63) is 122 Å². The van der Waals surface area contributed by atoms with Crippen molar-refractivity contribution >= 4 is 0 Å². The van der Waals surface area contributed by atoms with Crippen LogP contribution in [0.15, 0.2) is 36.4 Å². The zero-order valence-electron chi connectivity index (χ0n) is 21.5. The summed E-state index contributed by atoms with van der Waals surface area (Å²) in [5.74, 6) is -23.0. The Balaban J connectivity index is 1.65. The summed E-state index contributed by atoms with van der Waals surface area (Å²) < 4.78 is 154. The van der Waals surface area contributed by atoms with E-state index < -0.39 is 89.1 Å². The molecule has 0 radical (unpaired) electrons. The third kappa shape index (κ3) is 6.17. The quantitative estimate of drug-likeness (QED) is 0.109. The fraction of sp³-hybridized carbons (Fsp3) is 0.103. The molecule has 4 aromatic rings. The number of nitrogens with zero attached hydrogens (tertiary/aromatic N) is 2. The minimum absolute atomic E-state index is 0.0308. The fourth-order valence-electron chi connectivity index (χ4n) is 3.72. The summed E-state index contributed by atoms with van der Waals surface area (Å²) in [6.45, 7) is -2.82. The van der Waals surface area contributed by atoms with Crippen LogP contribution in [0.2, 0.25) is 0 Å². The number of benzene rings is 4. The van der Waals surface area contributed by atoms with E-state index in [4.69, 9.17) is 19.5 Å².